The Labute approximate surface area is 164 Å². The fourth-order valence-corrected chi connectivity index (χ4v) is 2.57. The van der Waals surface area contributed by atoms with Crippen molar-refractivity contribution in [3.8, 4) is 17.2 Å². The van der Waals surface area contributed by atoms with Crippen molar-refractivity contribution in [2.45, 2.75) is 20.3 Å². The van der Waals surface area contributed by atoms with E-state index in [0.29, 0.717) is 41.7 Å². The first-order valence-electron chi connectivity index (χ1n) is 8.72. The van der Waals surface area contributed by atoms with Gasteiger partial charge in [-0.15, -0.1) is 0 Å². The van der Waals surface area contributed by atoms with Crippen LogP contribution in [0.5, 0.6) is 17.2 Å². The summed E-state index contributed by atoms with van der Waals surface area (Å²) in [5.41, 5.74) is 7.89. The van der Waals surface area contributed by atoms with Crippen LogP contribution in [-0.4, -0.2) is 44.0 Å². The van der Waals surface area contributed by atoms with Crippen LogP contribution < -0.4 is 25.3 Å². The molecule has 2 rings (SSSR count). The molecule has 9 heteroatoms. The number of nitrogens with two attached hydrogens (primary N) is 1. The minimum absolute atomic E-state index is 0.152. The number of anilines is 2. The molecule has 0 radical (unpaired) electrons. The van der Waals surface area contributed by atoms with Crippen molar-refractivity contribution in [1.82, 2.24) is 9.97 Å². The van der Waals surface area contributed by atoms with Crippen molar-refractivity contribution in [1.29, 1.82) is 0 Å². The van der Waals surface area contributed by atoms with Crippen LogP contribution in [0.15, 0.2) is 18.3 Å². The lowest BCUT2D eigenvalue weighted by Gasteiger charge is -2.17. The molecule has 1 heterocycles. The van der Waals surface area contributed by atoms with Crippen LogP contribution in [0.4, 0.5) is 16.4 Å². The van der Waals surface area contributed by atoms with E-state index in [1.807, 2.05) is 13.8 Å². The summed E-state index contributed by atoms with van der Waals surface area (Å²) in [6.45, 7) is 4.22. The molecule has 2 aromatic rings. The second kappa shape index (κ2) is 9.63. The monoisotopic (exact) mass is 390 g/mol. The largest absolute Gasteiger partial charge is 0.492 e. The van der Waals surface area contributed by atoms with Crippen molar-refractivity contribution >= 4 is 17.7 Å². The van der Waals surface area contributed by atoms with Gasteiger partial charge in [-0.3, -0.25) is 5.32 Å². The van der Waals surface area contributed by atoms with Gasteiger partial charge in [-0.2, -0.15) is 0 Å². The Morgan fingerprint density at radius 3 is 2.43 bits per heavy atom. The highest BCUT2D eigenvalue weighted by atomic mass is 16.5. The predicted molar refractivity (Wildman–Crippen MR) is 105 cm³/mol. The molecule has 3 N–H and O–H groups in total. The zero-order chi connectivity index (χ0) is 20.7. The number of nitrogens with zero attached hydrogens (tertiary/aromatic N) is 2. The number of ether oxygens (including phenoxy) is 4. The van der Waals surface area contributed by atoms with Gasteiger partial charge in [0.15, 0.2) is 11.5 Å². The minimum atomic E-state index is -0.598. The number of hydrogen-bond donors (Lipinski definition) is 2. The Balaban J connectivity index is 2.24. The Morgan fingerprint density at radius 1 is 1.14 bits per heavy atom. The van der Waals surface area contributed by atoms with Gasteiger partial charge >= 0.3 is 6.09 Å². The highest BCUT2D eigenvalue weighted by Gasteiger charge is 2.20. The molecule has 0 aliphatic heterocycles. The standard InChI is InChI=1S/C19H26N4O5/c1-11(2)10-28-19(24)23-18-21-7-6-13(22-18)8-12-9-14(20)16(26-4)17(27-5)15(12)25-3/h6-7,9,11H,8,10,20H2,1-5H3,(H,21,22,23,24). The van der Waals surface area contributed by atoms with Crippen LogP contribution >= 0.6 is 0 Å². The summed E-state index contributed by atoms with van der Waals surface area (Å²) < 4.78 is 21.3. The third-order valence-electron chi connectivity index (χ3n) is 3.75. The van der Waals surface area contributed by atoms with Gasteiger partial charge in [-0.25, -0.2) is 14.8 Å². The summed E-state index contributed by atoms with van der Waals surface area (Å²) in [7, 11) is 4.56. The van der Waals surface area contributed by atoms with Crippen LogP contribution in [0.3, 0.4) is 0 Å². The lowest BCUT2D eigenvalue weighted by atomic mass is 10.1. The van der Waals surface area contributed by atoms with E-state index in [1.165, 1.54) is 21.3 Å². The van der Waals surface area contributed by atoms with Gasteiger partial charge in [-0.05, 0) is 18.1 Å². The van der Waals surface area contributed by atoms with Crippen LogP contribution in [0.25, 0.3) is 0 Å². The molecule has 0 saturated carbocycles. The molecule has 0 fully saturated rings. The number of nitrogens with one attached hydrogen (secondary N) is 1. The van der Waals surface area contributed by atoms with Gasteiger partial charge in [0, 0.05) is 18.2 Å². The van der Waals surface area contributed by atoms with Gasteiger partial charge < -0.3 is 24.7 Å². The van der Waals surface area contributed by atoms with Gasteiger partial charge in [0.1, 0.15) is 0 Å². The third-order valence-corrected chi connectivity index (χ3v) is 3.75. The number of carbonyl (C=O) groups is 1. The number of nitrogen functional groups attached to an aromatic ring is 1. The van der Waals surface area contributed by atoms with E-state index in [4.69, 9.17) is 24.7 Å². The zero-order valence-electron chi connectivity index (χ0n) is 16.7. The fraction of sp³-hybridized carbons (Fsp3) is 0.421. The summed E-state index contributed by atoms with van der Waals surface area (Å²) in [6, 6.07) is 3.48. The van der Waals surface area contributed by atoms with Gasteiger partial charge in [0.05, 0.1) is 39.3 Å². The van der Waals surface area contributed by atoms with Crippen LogP contribution in [0.2, 0.25) is 0 Å². The highest BCUT2D eigenvalue weighted by molar-refractivity contribution is 5.82. The van der Waals surface area contributed by atoms with E-state index in [2.05, 4.69) is 15.3 Å². The molecule has 152 valence electrons. The SMILES string of the molecule is COc1c(N)cc(Cc2ccnc(NC(=O)OCC(C)C)n2)c(OC)c1OC. The molecular weight excluding hydrogens is 364 g/mol. The molecule has 0 atom stereocenters. The zero-order valence-corrected chi connectivity index (χ0v) is 16.7. The molecule has 1 amide bonds. The molecule has 1 aromatic heterocycles. The number of hydrogen-bond acceptors (Lipinski definition) is 8. The molecule has 0 aliphatic carbocycles. The number of amides is 1. The van der Waals surface area contributed by atoms with Crippen LogP contribution in [0, 0.1) is 5.92 Å². The average Bonchev–Trinajstić information content (AvgIpc) is 2.66. The lowest BCUT2D eigenvalue weighted by molar-refractivity contribution is 0.147. The second-order valence-corrected chi connectivity index (χ2v) is 6.39. The predicted octanol–water partition coefficient (Wildman–Crippen LogP) is 2.88. The van der Waals surface area contributed by atoms with Crippen molar-refractivity contribution < 1.29 is 23.7 Å². The normalized spacial score (nSPS) is 10.5. The molecule has 0 saturated heterocycles. The molecule has 0 spiro atoms. The van der Waals surface area contributed by atoms with E-state index in [1.54, 1.807) is 18.3 Å². The minimum Gasteiger partial charge on any atom is -0.492 e. The van der Waals surface area contributed by atoms with Gasteiger partial charge in [-0.1, -0.05) is 13.8 Å². The van der Waals surface area contributed by atoms with Gasteiger partial charge in [0.25, 0.3) is 0 Å². The van der Waals surface area contributed by atoms with Gasteiger partial charge in [0.2, 0.25) is 11.7 Å². The van der Waals surface area contributed by atoms with Crippen molar-refractivity contribution in [2.75, 3.05) is 39.0 Å². The maximum atomic E-state index is 11.8. The van der Waals surface area contributed by atoms with E-state index in [9.17, 15) is 4.79 Å². The fourth-order valence-electron chi connectivity index (χ4n) is 2.57. The quantitative estimate of drug-likeness (QED) is 0.661. The van der Waals surface area contributed by atoms with E-state index in [0.717, 1.165) is 5.56 Å². The number of carbonyl (C=O) groups excluding carboxylic acids is 1. The average molecular weight is 390 g/mol. The first kappa shape index (κ1) is 21.1. The Hall–Kier alpha value is -3.23. The summed E-state index contributed by atoms with van der Waals surface area (Å²) in [6.07, 6.45) is 1.34. The number of aromatic nitrogens is 2. The van der Waals surface area contributed by atoms with E-state index in [-0.39, 0.29) is 11.9 Å². The molecule has 0 unspecified atom stereocenters. The Kier molecular flexibility index (Phi) is 7.25. The molecule has 9 nitrogen and oxygen atoms in total. The number of benzene rings is 1. The second-order valence-electron chi connectivity index (χ2n) is 6.39. The van der Waals surface area contributed by atoms with Crippen LogP contribution in [0.1, 0.15) is 25.1 Å². The lowest BCUT2D eigenvalue weighted by Crippen LogP contribution is -2.18. The Morgan fingerprint density at radius 2 is 1.82 bits per heavy atom. The summed E-state index contributed by atoms with van der Waals surface area (Å²) in [4.78, 5) is 20.2. The van der Waals surface area contributed by atoms with E-state index >= 15 is 0 Å². The summed E-state index contributed by atoms with van der Waals surface area (Å²) in [5, 5.41) is 2.52. The summed E-state index contributed by atoms with van der Waals surface area (Å²) in [5.74, 6) is 1.70. The molecule has 1 aromatic carbocycles. The topological polar surface area (TPSA) is 118 Å². The molecule has 0 aliphatic rings. The van der Waals surface area contributed by atoms with Crippen LogP contribution in [-0.2, 0) is 11.2 Å². The maximum absolute atomic E-state index is 11.8. The number of rotatable bonds is 8. The molecule has 28 heavy (non-hydrogen) atoms. The van der Waals surface area contributed by atoms with E-state index < -0.39 is 6.09 Å². The molecular formula is C19H26N4O5. The highest BCUT2D eigenvalue weighted by Crippen LogP contribution is 2.44. The maximum Gasteiger partial charge on any atom is 0.414 e. The third kappa shape index (κ3) is 5.15. The first-order chi connectivity index (χ1) is 13.4. The van der Waals surface area contributed by atoms with Crippen molar-refractivity contribution in [2.24, 2.45) is 5.92 Å². The number of methoxy groups -OCH3 is 3. The Bertz CT molecular complexity index is 826. The smallest absolute Gasteiger partial charge is 0.414 e. The first-order valence-corrected chi connectivity index (χ1v) is 8.72. The van der Waals surface area contributed by atoms with Crippen molar-refractivity contribution in [3.63, 3.8) is 0 Å². The summed E-state index contributed by atoms with van der Waals surface area (Å²) >= 11 is 0. The van der Waals surface area contributed by atoms with Crippen molar-refractivity contribution in [3.05, 3.63) is 29.6 Å². The molecule has 0 bridgehead atoms.